The van der Waals surface area contributed by atoms with Gasteiger partial charge in [-0.3, -0.25) is 9.59 Å². The number of benzene rings is 2. The third-order valence-corrected chi connectivity index (χ3v) is 4.36. The Hall–Kier alpha value is -3.15. The topological polar surface area (TPSA) is 72.9 Å². The van der Waals surface area contributed by atoms with E-state index >= 15 is 0 Å². The minimum Gasteiger partial charge on any atom is -0.482 e. The average Bonchev–Trinajstić information content (AvgIpc) is 2.91. The maximum atomic E-state index is 12.2. The second-order valence-corrected chi connectivity index (χ2v) is 6.05. The van der Waals surface area contributed by atoms with Crippen LogP contribution in [-0.4, -0.2) is 29.5 Å². The van der Waals surface area contributed by atoms with Gasteiger partial charge in [-0.1, -0.05) is 49.2 Å². The van der Waals surface area contributed by atoms with E-state index in [0.29, 0.717) is 10.8 Å². The Morgan fingerprint density at radius 3 is 2.19 bits per heavy atom. The van der Waals surface area contributed by atoms with Crippen molar-refractivity contribution in [2.45, 2.75) is 26.2 Å². The molecule has 134 valence electrons. The maximum absolute atomic E-state index is 12.2. The van der Waals surface area contributed by atoms with E-state index in [9.17, 15) is 14.4 Å². The second-order valence-electron chi connectivity index (χ2n) is 6.05. The zero-order chi connectivity index (χ0) is 18.7. The molecule has 1 heterocycles. The molecular weight excluding hydrogens is 334 g/mol. The summed E-state index contributed by atoms with van der Waals surface area (Å²) in [5, 5.41) is 0.483. The lowest BCUT2D eigenvalue weighted by atomic mass is 9.98. The van der Waals surface area contributed by atoms with Crippen molar-refractivity contribution < 1.29 is 24.0 Å². The maximum Gasteiger partial charge on any atom is 0.370 e. The normalized spacial score (nSPS) is 14.2. The highest BCUT2D eigenvalue weighted by Crippen LogP contribution is 2.28. The molecule has 1 atom stereocenters. The first-order chi connectivity index (χ1) is 12.5. The molecule has 0 saturated heterocycles. The van der Waals surface area contributed by atoms with Gasteiger partial charge in [-0.25, -0.2) is 4.79 Å². The van der Waals surface area contributed by atoms with Gasteiger partial charge in [-0.2, -0.15) is 0 Å². The molecule has 2 aromatic carbocycles. The molecule has 0 aromatic heterocycles. The fourth-order valence-corrected chi connectivity index (χ4v) is 2.75. The number of rotatable bonds is 6. The molecule has 6 nitrogen and oxygen atoms in total. The van der Waals surface area contributed by atoms with Crippen molar-refractivity contribution in [3.05, 3.63) is 65.2 Å². The molecule has 2 amide bonds. The van der Waals surface area contributed by atoms with E-state index in [1.807, 2.05) is 18.2 Å². The molecule has 0 saturated carbocycles. The van der Waals surface area contributed by atoms with Gasteiger partial charge in [0.05, 0.1) is 11.1 Å². The van der Waals surface area contributed by atoms with Crippen LogP contribution in [0, 0.1) is 0 Å². The number of ether oxygens (including phenoxy) is 1. The second kappa shape index (κ2) is 7.39. The van der Waals surface area contributed by atoms with Crippen molar-refractivity contribution in [2.75, 3.05) is 6.61 Å². The van der Waals surface area contributed by atoms with E-state index in [4.69, 9.17) is 9.57 Å². The molecule has 0 spiro atoms. The lowest BCUT2D eigenvalue weighted by Crippen LogP contribution is -2.34. The molecule has 0 N–H and O–H groups in total. The van der Waals surface area contributed by atoms with E-state index in [-0.39, 0.29) is 17.0 Å². The molecule has 26 heavy (non-hydrogen) atoms. The van der Waals surface area contributed by atoms with Gasteiger partial charge in [-0.05, 0) is 36.1 Å². The van der Waals surface area contributed by atoms with Crippen LogP contribution in [0.25, 0.3) is 0 Å². The summed E-state index contributed by atoms with van der Waals surface area (Å²) in [5.41, 5.74) is 1.42. The zero-order valence-corrected chi connectivity index (χ0v) is 14.6. The number of hydrogen-bond acceptors (Lipinski definition) is 5. The first-order valence-electron chi connectivity index (χ1n) is 8.43. The molecule has 2 aromatic rings. The predicted octanol–water partition coefficient (Wildman–Crippen LogP) is 3.33. The van der Waals surface area contributed by atoms with Gasteiger partial charge in [0.2, 0.25) is 0 Å². The number of fused-ring (bicyclic) bond motifs is 1. The van der Waals surface area contributed by atoms with Crippen LogP contribution >= 0.6 is 0 Å². The minimum atomic E-state index is -0.821. The molecule has 6 heteroatoms. The van der Waals surface area contributed by atoms with Gasteiger partial charge < -0.3 is 9.57 Å². The minimum absolute atomic E-state index is 0.216. The lowest BCUT2D eigenvalue weighted by molar-refractivity contribution is -0.170. The third-order valence-electron chi connectivity index (χ3n) is 4.36. The van der Waals surface area contributed by atoms with Crippen LogP contribution in [0.3, 0.4) is 0 Å². The van der Waals surface area contributed by atoms with Gasteiger partial charge in [0.1, 0.15) is 5.75 Å². The van der Waals surface area contributed by atoms with Crippen molar-refractivity contribution >= 4 is 17.8 Å². The number of amides is 2. The molecule has 0 bridgehead atoms. The summed E-state index contributed by atoms with van der Waals surface area (Å²) in [5.74, 6) is -1.27. The molecule has 1 aliphatic rings. The van der Waals surface area contributed by atoms with Gasteiger partial charge in [0.25, 0.3) is 11.8 Å². The quantitative estimate of drug-likeness (QED) is 0.745. The molecule has 1 unspecified atom stereocenters. The molecule has 0 aliphatic carbocycles. The fourth-order valence-electron chi connectivity index (χ4n) is 2.75. The highest BCUT2D eigenvalue weighted by atomic mass is 16.7. The van der Waals surface area contributed by atoms with Gasteiger partial charge >= 0.3 is 5.97 Å². The van der Waals surface area contributed by atoms with Gasteiger partial charge in [0.15, 0.2) is 6.61 Å². The van der Waals surface area contributed by atoms with Crippen molar-refractivity contribution in [3.8, 4) is 5.75 Å². The van der Waals surface area contributed by atoms with Crippen molar-refractivity contribution in [2.24, 2.45) is 0 Å². The Bertz CT molecular complexity index is 826. The average molecular weight is 353 g/mol. The number of nitrogens with zero attached hydrogens (tertiary/aromatic N) is 1. The SMILES string of the molecule is CCC(C)c1ccccc1OCC(=O)ON1C(=O)c2ccccc2C1=O. The summed E-state index contributed by atoms with van der Waals surface area (Å²) < 4.78 is 5.56. The van der Waals surface area contributed by atoms with Crippen LogP contribution in [0.2, 0.25) is 0 Å². The van der Waals surface area contributed by atoms with Crippen LogP contribution in [0.1, 0.15) is 52.5 Å². The highest BCUT2D eigenvalue weighted by molar-refractivity contribution is 6.20. The van der Waals surface area contributed by atoms with Crippen LogP contribution < -0.4 is 4.74 Å². The Morgan fingerprint density at radius 1 is 1.00 bits per heavy atom. The Kier molecular flexibility index (Phi) is 5.02. The smallest absolute Gasteiger partial charge is 0.370 e. The van der Waals surface area contributed by atoms with Crippen LogP contribution in [-0.2, 0) is 9.63 Å². The largest absolute Gasteiger partial charge is 0.482 e. The molecule has 1 aliphatic heterocycles. The molecular formula is C20H19NO5. The Balaban J connectivity index is 1.65. The van der Waals surface area contributed by atoms with Crippen molar-refractivity contribution in [1.82, 2.24) is 5.06 Å². The van der Waals surface area contributed by atoms with Crippen LogP contribution in [0.4, 0.5) is 0 Å². The van der Waals surface area contributed by atoms with Crippen molar-refractivity contribution in [1.29, 1.82) is 0 Å². The monoisotopic (exact) mass is 353 g/mol. The molecule has 0 radical (unpaired) electrons. The zero-order valence-electron chi connectivity index (χ0n) is 14.6. The van der Waals surface area contributed by atoms with E-state index < -0.39 is 24.4 Å². The number of hydrogen-bond donors (Lipinski definition) is 0. The number of carbonyl (C=O) groups excluding carboxylic acids is 3. The standard InChI is InChI=1S/C20H19NO5/c1-3-13(2)14-8-6-7-11-17(14)25-12-18(22)26-21-19(23)15-9-4-5-10-16(15)20(21)24/h4-11,13H,3,12H2,1-2H3. The molecule has 0 fully saturated rings. The third kappa shape index (κ3) is 3.31. The highest BCUT2D eigenvalue weighted by Gasteiger charge is 2.38. The van der Waals surface area contributed by atoms with Gasteiger partial charge in [0, 0.05) is 0 Å². The Labute approximate surface area is 151 Å². The summed E-state index contributed by atoms with van der Waals surface area (Å²) in [6, 6.07) is 13.8. The van der Waals surface area contributed by atoms with Crippen LogP contribution in [0.5, 0.6) is 5.75 Å². The summed E-state index contributed by atoms with van der Waals surface area (Å²) in [4.78, 5) is 41.4. The summed E-state index contributed by atoms with van der Waals surface area (Å²) in [6.45, 7) is 3.73. The number of para-hydroxylation sites is 1. The fraction of sp³-hybridized carbons (Fsp3) is 0.250. The summed E-state index contributed by atoms with van der Waals surface area (Å²) in [6.07, 6.45) is 0.930. The predicted molar refractivity (Wildman–Crippen MR) is 93.7 cm³/mol. The first-order valence-corrected chi connectivity index (χ1v) is 8.43. The van der Waals surface area contributed by atoms with Gasteiger partial charge in [-0.15, -0.1) is 0 Å². The first kappa shape index (κ1) is 17.7. The summed E-state index contributed by atoms with van der Waals surface area (Å²) in [7, 11) is 0. The lowest BCUT2D eigenvalue weighted by Gasteiger charge is -2.16. The van der Waals surface area contributed by atoms with Crippen molar-refractivity contribution in [3.63, 3.8) is 0 Å². The van der Waals surface area contributed by atoms with E-state index in [1.54, 1.807) is 18.2 Å². The van der Waals surface area contributed by atoms with E-state index in [1.165, 1.54) is 12.1 Å². The molecule has 3 rings (SSSR count). The van der Waals surface area contributed by atoms with E-state index in [2.05, 4.69) is 13.8 Å². The Morgan fingerprint density at radius 2 is 1.58 bits per heavy atom. The van der Waals surface area contributed by atoms with E-state index in [0.717, 1.165) is 12.0 Å². The number of carbonyl (C=O) groups is 3. The summed E-state index contributed by atoms with van der Waals surface area (Å²) >= 11 is 0. The number of imide groups is 1. The number of hydroxylamine groups is 2. The van der Waals surface area contributed by atoms with Crippen LogP contribution in [0.15, 0.2) is 48.5 Å².